The average Bonchev–Trinajstić information content (AvgIpc) is 2.95. The van der Waals surface area contributed by atoms with Gasteiger partial charge in [-0.1, -0.05) is 66.5 Å². The number of hydrogen-bond acceptors (Lipinski definition) is 4. The van der Waals surface area contributed by atoms with Crippen LogP contribution in [-0.2, 0) is 9.59 Å². The van der Waals surface area contributed by atoms with E-state index in [0.717, 1.165) is 42.6 Å². The summed E-state index contributed by atoms with van der Waals surface area (Å²) in [5.41, 5.74) is 1.03. The molecule has 1 saturated heterocycles. The van der Waals surface area contributed by atoms with E-state index < -0.39 is 0 Å². The van der Waals surface area contributed by atoms with Gasteiger partial charge in [0.2, 0.25) is 5.91 Å². The molecule has 1 aromatic rings. The Morgan fingerprint density at radius 3 is 2.40 bits per heavy atom. The SMILES string of the molecule is O=C(CN1C(=O)/C(=C/C=C/c2ccccc2)SC1=S)NC12CC3CC(CC(C3)C1)C2. The van der Waals surface area contributed by atoms with E-state index >= 15 is 0 Å². The predicted molar refractivity (Wildman–Crippen MR) is 125 cm³/mol. The molecule has 1 heterocycles. The highest BCUT2D eigenvalue weighted by Crippen LogP contribution is 2.55. The standard InChI is InChI=1S/C24H26N2O2S2/c27-21(25-24-12-17-9-18(13-24)11-19(10-17)14-24)15-26-22(28)20(30-23(26)29)8-4-7-16-5-2-1-3-6-16/h1-8,17-19H,9-15H2,(H,25,27)/b7-4+,20-8-. The molecule has 0 spiro atoms. The zero-order valence-electron chi connectivity index (χ0n) is 16.9. The Kier molecular flexibility index (Phi) is 5.31. The number of benzene rings is 1. The third kappa shape index (κ3) is 4.00. The van der Waals surface area contributed by atoms with Crippen molar-refractivity contribution in [1.82, 2.24) is 10.2 Å². The molecule has 0 atom stereocenters. The molecule has 5 fully saturated rings. The zero-order chi connectivity index (χ0) is 20.7. The van der Waals surface area contributed by atoms with Crippen molar-refractivity contribution < 1.29 is 9.59 Å². The van der Waals surface area contributed by atoms with Gasteiger partial charge in [-0.2, -0.15) is 0 Å². The van der Waals surface area contributed by atoms with Crippen LogP contribution < -0.4 is 5.32 Å². The van der Waals surface area contributed by atoms with E-state index in [1.54, 1.807) is 6.08 Å². The third-order valence-electron chi connectivity index (χ3n) is 6.95. The van der Waals surface area contributed by atoms with Crippen molar-refractivity contribution in [2.24, 2.45) is 17.8 Å². The Morgan fingerprint density at radius 2 is 1.77 bits per heavy atom. The molecule has 156 valence electrons. The number of thiocarbonyl (C=S) groups is 1. The van der Waals surface area contributed by atoms with E-state index in [0.29, 0.717) is 9.23 Å². The molecule has 1 aromatic carbocycles. The smallest absolute Gasteiger partial charge is 0.266 e. The molecule has 0 radical (unpaired) electrons. The maximum Gasteiger partial charge on any atom is 0.266 e. The van der Waals surface area contributed by atoms with Gasteiger partial charge in [0.05, 0.1) is 4.91 Å². The average molecular weight is 439 g/mol. The van der Waals surface area contributed by atoms with Crippen LogP contribution in [0.3, 0.4) is 0 Å². The fourth-order valence-corrected chi connectivity index (χ4v) is 7.41. The maximum atomic E-state index is 12.9. The summed E-state index contributed by atoms with van der Waals surface area (Å²) < 4.78 is 0.458. The van der Waals surface area contributed by atoms with Crippen LogP contribution in [0.2, 0.25) is 0 Å². The lowest BCUT2D eigenvalue weighted by atomic mass is 9.53. The molecule has 6 heteroatoms. The molecular weight excluding hydrogens is 412 g/mol. The highest BCUT2D eigenvalue weighted by atomic mass is 32.2. The minimum absolute atomic E-state index is 0.0200. The molecule has 4 bridgehead atoms. The lowest BCUT2D eigenvalue weighted by molar-refractivity contribution is -0.132. The van der Waals surface area contributed by atoms with Gasteiger partial charge in [0.1, 0.15) is 10.9 Å². The summed E-state index contributed by atoms with van der Waals surface area (Å²) in [5, 5.41) is 3.34. The number of hydrogen-bond donors (Lipinski definition) is 1. The van der Waals surface area contributed by atoms with Gasteiger partial charge in [-0.25, -0.2) is 0 Å². The molecule has 6 rings (SSSR count). The van der Waals surface area contributed by atoms with E-state index in [9.17, 15) is 9.59 Å². The van der Waals surface area contributed by atoms with Crippen molar-refractivity contribution in [2.45, 2.75) is 44.1 Å². The number of rotatable bonds is 5. The third-order valence-corrected chi connectivity index (χ3v) is 8.35. The Balaban J connectivity index is 1.21. The minimum atomic E-state index is -0.177. The van der Waals surface area contributed by atoms with Gasteiger partial charge < -0.3 is 5.32 Å². The van der Waals surface area contributed by atoms with Crippen LogP contribution in [0.4, 0.5) is 0 Å². The summed E-state index contributed by atoms with van der Waals surface area (Å²) in [4.78, 5) is 27.7. The van der Waals surface area contributed by atoms with E-state index in [2.05, 4.69) is 5.32 Å². The van der Waals surface area contributed by atoms with Crippen LogP contribution in [0.5, 0.6) is 0 Å². The maximum absolute atomic E-state index is 12.9. The number of nitrogens with one attached hydrogen (secondary N) is 1. The molecule has 0 aromatic heterocycles. The lowest BCUT2D eigenvalue weighted by Crippen LogP contribution is -2.61. The molecule has 5 aliphatic rings. The molecular formula is C24H26N2O2S2. The minimum Gasteiger partial charge on any atom is -0.349 e. The largest absolute Gasteiger partial charge is 0.349 e. The molecule has 0 unspecified atom stereocenters. The number of amides is 2. The zero-order valence-corrected chi connectivity index (χ0v) is 18.5. The Hall–Kier alpha value is -1.92. The Labute approximate surface area is 187 Å². The van der Waals surface area contributed by atoms with E-state index in [1.165, 1.54) is 35.9 Å². The second-order valence-corrected chi connectivity index (χ2v) is 11.0. The van der Waals surface area contributed by atoms with Crippen molar-refractivity contribution in [3.05, 3.63) is 53.0 Å². The first-order chi connectivity index (χ1) is 14.5. The van der Waals surface area contributed by atoms with Crippen molar-refractivity contribution in [2.75, 3.05) is 6.54 Å². The van der Waals surface area contributed by atoms with Crippen molar-refractivity contribution in [3.63, 3.8) is 0 Å². The fourth-order valence-electron chi connectivity index (χ4n) is 6.20. The van der Waals surface area contributed by atoms with Crippen LogP contribution in [0.25, 0.3) is 6.08 Å². The fraction of sp³-hybridized carbons (Fsp3) is 0.458. The second kappa shape index (κ2) is 7.97. The van der Waals surface area contributed by atoms with Crippen LogP contribution in [0.15, 0.2) is 47.4 Å². The van der Waals surface area contributed by atoms with E-state index in [-0.39, 0.29) is 23.9 Å². The highest BCUT2D eigenvalue weighted by Gasteiger charge is 2.51. The Morgan fingerprint density at radius 1 is 1.13 bits per heavy atom. The summed E-state index contributed by atoms with van der Waals surface area (Å²) in [7, 11) is 0. The van der Waals surface area contributed by atoms with Crippen LogP contribution in [-0.4, -0.2) is 33.1 Å². The first-order valence-corrected chi connectivity index (χ1v) is 12.0. The van der Waals surface area contributed by atoms with Gasteiger partial charge in [0, 0.05) is 5.54 Å². The van der Waals surface area contributed by atoms with E-state index in [4.69, 9.17) is 12.2 Å². The van der Waals surface area contributed by atoms with Crippen LogP contribution in [0.1, 0.15) is 44.1 Å². The number of carbonyl (C=O) groups excluding carboxylic acids is 2. The van der Waals surface area contributed by atoms with Crippen LogP contribution in [0, 0.1) is 17.8 Å². The molecule has 1 aliphatic heterocycles. The number of nitrogens with zero attached hydrogens (tertiary/aromatic N) is 1. The van der Waals surface area contributed by atoms with Crippen molar-refractivity contribution in [1.29, 1.82) is 0 Å². The van der Waals surface area contributed by atoms with Gasteiger partial charge in [-0.3, -0.25) is 14.5 Å². The number of thioether (sulfide) groups is 1. The van der Waals surface area contributed by atoms with Gasteiger partial charge in [0.25, 0.3) is 5.91 Å². The van der Waals surface area contributed by atoms with Crippen LogP contribution >= 0.6 is 24.0 Å². The lowest BCUT2D eigenvalue weighted by Gasteiger charge is -2.57. The molecule has 1 N–H and O–H groups in total. The molecule has 4 saturated carbocycles. The van der Waals surface area contributed by atoms with E-state index in [1.807, 2.05) is 42.5 Å². The molecule has 4 aliphatic carbocycles. The van der Waals surface area contributed by atoms with Crippen molar-refractivity contribution >= 4 is 46.2 Å². The summed E-state index contributed by atoms with van der Waals surface area (Å²) in [6.07, 6.45) is 12.9. The first kappa shape index (κ1) is 20.0. The summed E-state index contributed by atoms with van der Waals surface area (Å²) in [5.74, 6) is 2.06. The summed E-state index contributed by atoms with van der Waals surface area (Å²) in [6.45, 7) is 0.0200. The van der Waals surface area contributed by atoms with Gasteiger partial charge in [-0.15, -0.1) is 0 Å². The van der Waals surface area contributed by atoms with Gasteiger partial charge in [0.15, 0.2) is 0 Å². The monoisotopic (exact) mass is 438 g/mol. The number of carbonyl (C=O) groups is 2. The first-order valence-electron chi connectivity index (χ1n) is 10.8. The highest BCUT2D eigenvalue weighted by molar-refractivity contribution is 8.26. The molecule has 4 nitrogen and oxygen atoms in total. The van der Waals surface area contributed by atoms with Gasteiger partial charge in [-0.05, 0) is 67.9 Å². The predicted octanol–water partition coefficient (Wildman–Crippen LogP) is 4.53. The quantitative estimate of drug-likeness (QED) is 0.542. The normalized spacial score (nSPS) is 33.8. The topological polar surface area (TPSA) is 49.4 Å². The summed E-state index contributed by atoms with van der Waals surface area (Å²) >= 11 is 6.66. The molecule has 2 amide bonds. The second-order valence-electron chi connectivity index (χ2n) is 9.31. The summed E-state index contributed by atoms with van der Waals surface area (Å²) in [6, 6.07) is 9.93. The Bertz CT molecular complexity index is 902. The number of allylic oxidation sites excluding steroid dienone is 2. The molecule has 30 heavy (non-hydrogen) atoms. The van der Waals surface area contributed by atoms with Gasteiger partial charge >= 0.3 is 0 Å². The van der Waals surface area contributed by atoms with Crippen molar-refractivity contribution in [3.8, 4) is 0 Å².